The first kappa shape index (κ1) is 14.3. The van der Waals surface area contributed by atoms with Gasteiger partial charge in [0.1, 0.15) is 5.69 Å². The molecule has 0 radical (unpaired) electrons. The van der Waals surface area contributed by atoms with Crippen molar-refractivity contribution in [3.8, 4) is 5.13 Å². The number of aromatic nitrogens is 4. The van der Waals surface area contributed by atoms with E-state index in [-0.39, 0.29) is 0 Å². The summed E-state index contributed by atoms with van der Waals surface area (Å²) in [4.78, 5) is 15.6. The van der Waals surface area contributed by atoms with Crippen molar-refractivity contribution in [2.24, 2.45) is 0 Å². The fourth-order valence-corrected chi connectivity index (χ4v) is 2.73. The van der Waals surface area contributed by atoms with Gasteiger partial charge in [0.25, 0.3) is 0 Å². The lowest BCUT2D eigenvalue weighted by atomic mass is 10.1. The summed E-state index contributed by atoms with van der Waals surface area (Å²) < 4.78 is 1.59. The van der Waals surface area contributed by atoms with Crippen LogP contribution in [0.15, 0.2) is 29.6 Å². The third-order valence-electron chi connectivity index (χ3n) is 3.14. The van der Waals surface area contributed by atoms with Crippen LogP contribution in [0.2, 0.25) is 0 Å². The van der Waals surface area contributed by atoms with Gasteiger partial charge < -0.3 is 0 Å². The number of hydrogen-bond acceptors (Lipinski definition) is 5. The van der Waals surface area contributed by atoms with Gasteiger partial charge >= 0.3 is 0 Å². The zero-order valence-electron chi connectivity index (χ0n) is 12.2. The van der Waals surface area contributed by atoms with Gasteiger partial charge in [0.2, 0.25) is 5.13 Å². The van der Waals surface area contributed by atoms with Crippen molar-refractivity contribution in [2.75, 3.05) is 0 Å². The lowest BCUT2D eigenvalue weighted by Crippen LogP contribution is -1.99. The molecule has 0 fully saturated rings. The number of hydrogen-bond donors (Lipinski definition) is 0. The van der Waals surface area contributed by atoms with Gasteiger partial charge in [0.15, 0.2) is 12.0 Å². The van der Waals surface area contributed by atoms with E-state index in [1.54, 1.807) is 4.68 Å². The Morgan fingerprint density at radius 3 is 2.55 bits per heavy atom. The molecule has 0 saturated heterocycles. The third kappa shape index (κ3) is 2.87. The Balaban J connectivity index is 2.00. The van der Waals surface area contributed by atoms with E-state index in [9.17, 15) is 4.79 Å². The first-order valence-electron chi connectivity index (χ1n) is 6.75. The molecule has 3 rings (SSSR count). The smallest absolute Gasteiger partial charge is 0.212 e. The first-order valence-corrected chi connectivity index (χ1v) is 7.63. The van der Waals surface area contributed by atoms with Crippen LogP contribution in [0.4, 0.5) is 0 Å². The lowest BCUT2D eigenvalue weighted by Gasteiger charge is -1.99. The van der Waals surface area contributed by atoms with Gasteiger partial charge in [-0.05, 0) is 25.5 Å². The summed E-state index contributed by atoms with van der Waals surface area (Å²) in [6.45, 7) is 3.96. The van der Waals surface area contributed by atoms with Crippen LogP contribution in [0.1, 0.15) is 33.0 Å². The maximum Gasteiger partial charge on any atom is 0.212 e. The predicted octanol–water partition coefficient (Wildman–Crippen LogP) is 3.32. The number of thiazole rings is 1. The van der Waals surface area contributed by atoms with E-state index in [1.807, 2.05) is 55.6 Å². The van der Waals surface area contributed by atoms with Gasteiger partial charge in [-0.2, -0.15) is 4.68 Å². The number of benzene rings is 1. The average Bonchev–Trinajstić information content (AvgIpc) is 3.12. The molecule has 1 aromatic carbocycles. The Bertz CT molecular complexity index is 830. The number of carbonyl (C=O) groups is 1. The largest absolute Gasteiger partial charge is 0.296 e. The van der Waals surface area contributed by atoms with Gasteiger partial charge in [-0.1, -0.05) is 41.1 Å². The fourth-order valence-electron chi connectivity index (χ4n) is 1.97. The highest BCUT2D eigenvalue weighted by Crippen LogP contribution is 2.19. The molecular weight excluding hydrogens is 296 g/mol. The molecule has 22 heavy (non-hydrogen) atoms. The number of carbonyl (C=O) groups excluding carboxylic acids is 1. The first-order chi connectivity index (χ1) is 10.7. The summed E-state index contributed by atoms with van der Waals surface area (Å²) in [6, 6.07) is 8.13. The maximum atomic E-state index is 11.2. The van der Waals surface area contributed by atoms with E-state index in [2.05, 4.69) is 15.3 Å². The normalized spacial score (nSPS) is 11.2. The van der Waals surface area contributed by atoms with E-state index >= 15 is 0 Å². The monoisotopic (exact) mass is 310 g/mol. The summed E-state index contributed by atoms with van der Waals surface area (Å²) in [5.74, 6) is 0. The summed E-state index contributed by atoms with van der Waals surface area (Å²) >= 11 is 1.46. The van der Waals surface area contributed by atoms with Crippen LogP contribution in [0.3, 0.4) is 0 Å². The zero-order valence-corrected chi connectivity index (χ0v) is 13.0. The van der Waals surface area contributed by atoms with E-state index in [0.29, 0.717) is 22.8 Å². The van der Waals surface area contributed by atoms with Crippen molar-refractivity contribution in [3.63, 3.8) is 0 Å². The van der Waals surface area contributed by atoms with Crippen molar-refractivity contribution < 1.29 is 4.79 Å². The van der Waals surface area contributed by atoms with Crippen molar-refractivity contribution in [3.05, 3.63) is 57.9 Å². The van der Waals surface area contributed by atoms with Gasteiger partial charge in [0, 0.05) is 5.38 Å². The van der Waals surface area contributed by atoms with Crippen molar-refractivity contribution >= 4 is 29.8 Å². The second-order valence-corrected chi connectivity index (χ2v) is 5.74. The Morgan fingerprint density at radius 1 is 1.14 bits per heavy atom. The Hall–Kier alpha value is -2.60. The molecule has 5 nitrogen and oxygen atoms in total. The minimum atomic E-state index is 0.302. The number of nitrogens with zero attached hydrogens (tertiary/aromatic N) is 4. The molecule has 0 amide bonds. The van der Waals surface area contributed by atoms with E-state index in [1.165, 1.54) is 16.9 Å². The fraction of sp³-hybridized carbons (Fsp3) is 0.125. The molecule has 6 heteroatoms. The minimum absolute atomic E-state index is 0.302. The molecule has 0 aliphatic heterocycles. The van der Waals surface area contributed by atoms with Crippen LogP contribution in [0, 0.1) is 13.8 Å². The standard InChI is InChI=1S/C16H14N4OS/c1-11-3-5-13(6-4-11)7-8-15-14(9-21)18-19-20(15)16-17-12(2)10-22-16/h3-10H,1-2H3/b8-7+. The van der Waals surface area contributed by atoms with Crippen LogP contribution < -0.4 is 0 Å². The minimum Gasteiger partial charge on any atom is -0.296 e. The highest BCUT2D eigenvalue weighted by molar-refractivity contribution is 7.12. The van der Waals surface area contributed by atoms with E-state index in [4.69, 9.17) is 0 Å². The second kappa shape index (κ2) is 6.03. The molecule has 2 heterocycles. The van der Waals surface area contributed by atoms with Gasteiger partial charge in [0.05, 0.1) is 5.69 Å². The number of aryl methyl sites for hydroxylation is 2. The summed E-state index contributed by atoms with van der Waals surface area (Å²) in [7, 11) is 0. The van der Waals surface area contributed by atoms with Gasteiger partial charge in [-0.3, -0.25) is 4.79 Å². The number of aldehydes is 1. The average molecular weight is 310 g/mol. The van der Waals surface area contributed by atoms with E-state index < -0.39 is 0 Å². The van der Waals surface area contributed by atoms with Gasteiger partial charge in [-0.25, -0.2) is 4.98 Å². The summed E-state index contributed by atoms with van der Waals surface area (Å²) in [5.41, 5.74) is 4.10. The Kier molecular flexibility index (Phi) is 3.93. The number of rotatable bonds is 4. The Morgan fingerprint density at radius 2 is 1.91 bits per heavy atom. The van der Waals surface area contributed by atoms with Crippen molar-refractivity contribution in [2.45, 2.75) is 13.8 Å². The summed E-state index contributed by atoms with van der Waals surface area (Å²) in [5, 5.41) is 10.6. The molecule has 0 aliphatic rings. The Labute approximate surface area is 131 Å². The van der Waals surface area contributed by atoms with Crippen LogP contribution in [0.25, 0.3) is 17.3 Å². The predicted molar refractivity (Wildman–Crippen MR) is 87.3 cm³/mol. The van der Waals surface area contributed by atoms with Crippen LogP contribution >= 0.6 is 11.3 Å². The molecule has 0 aliphatic carbocycles. The van der Waals surface area contributed by atoms with Crippen molar-refractivity contribution in [1.29, 1.82) is 0 Å². The summed E-state index contributed by atoms with van der Waals surface area (Å²) in [6.07, 6.45) is 4.48. The molecule has 110 valence electrons. The third-order valence-corrected chi connectivity index (χ3v) is 4.08. The van der Waals surface area contributed by atoms with Gasteiger partial charge in [-0.15, -0.1) is 16.4 Å². The lowest BCUT2D eigenvalue weighted by molar-refractivity contribution is 0.111. The van der Waals surface area contributed by atoms with Crippen molar-refractivity contribution in [1.82, 2.24) is 20.0 Å². The van der Waals surface area contributed by atoms with Crippen LogP contribution in [0.5, 0.6) is 0 Å². The maximum absolute atomic E-state index is 11.2. The van der Waals surface area contributed by atoms with E-state index in [0.717, 1.165) is 11.3 Å². The molecule has 0 bridgehead atoms. The SMILES string of the molecule is Cc1ccc(/C=C/c2c(C=O)nnn2-c2nc(C)cs2)cc1. The van der Waals surface area contributed by atoms with Crippen LogP contribution in [-0.4, -0.2) is 26.3 Å². The topological polar surface area (TPSA) is 60.7 Å². The molecule has 0 N–H and O–H groups in total. The zero-order chi connectivity index (χ0) is 15.5. The molecule has 2 aromatic heterocycles. The molecule has 0 saturated carbocycles. The molecular formula is C16H14N4OS. The second-order valence-electron chi connectivity index (χ2n) is 4.91. The molecule has 0 atom stereocenters. The molecule has 0 spiro atoms. The van der Waals surface area contributed by atoms with Crippen LogP contribution in [-0.2, 0) is 0 Å². The highest BCUT2D eigenvalue weighted by Gasteiger charge is 2.13. The quantitative estimate of drug-likeness (QED) is 0.694. The molecule has 0 unspecified atom stereocenters. The highest BCUT2D eigenvalue weighted by atomic mass is 32.1. The molecule has 3 aromatic rings.